The number of nitro benzene ring substituents is 1. The second-order valence-electron chi connectivity index (χ2n) is 2.90. The van der Waals surface area contributed by atoms with Crippen LogP contribution in [0.2, 0.25) is 0 Å². The first-order valence-electron chi connectivity index (χ1n) is 3.88. The smallest absolute Gasteiger partial charge is 0.324 e. The van der Waals surface area contributed by atoms with Crippen LogP contribution in [0.25, 0.3) is 0 Å². The Kier molecular flexibility index (Phi) is 1.69. The van der Waals surface area contributed by atoms with Gasteiger partial charge in [0.2, 0.25) is 0 Å². The lowest BCUT2D eigenvalue weighted by atomic mass is 10.1. The molecule has 0 radical (unpaired) electrons. The molecular formula is C8H4N2O5. The van der Waals surface area contributed by atoms with Gasteiger partial charge in [0.1, 0.15) is 5.56 Å². The molecule has 7 heteroatoms. The van der Waals surface area contributed by atoms with Gasteiger partial charge < -0.3 is 5.11 Å². The lowest BCUT2D eigenvalue weighted by Crippen LogP contribution is -2.20. The lowest BCUT2D eigenvalue weighted by Gasteiger charge is -1.98. The zero-order chi connectivity index (χ0) is 11.2. The van der Waals surface area contributed by atoms with Crippen LogP contribution in [0.4, 0.5) is 5.69 Å². The summed E-state index contributed by atoms with van der Waals surface area (Å²) in [7, 11) is 0. The minimum absolute atomic E-state index is 0.0931. The molecule has 2 amide bonds. The first-order chi connectivity index (χ1) is 7.02. The third-order valence-electron chi connectivity index (χ3n) is 2.04. The number of phenolic OH excluding ortho intramolecular Hbond substituents is 1. The molecule has 2 rings (SSSR count). The van der Waals surface area contributed by atoms with Crippen molar-refractivity contribution in [2.75, 3.05) is 0 Å². The van der Waals surface area contributed by atoms with E-state index in [2.05, 4.69) is 0 Å². The van der Waals surface area contributed by atoms with Gasteiger partial charge in [-0.25, -0.2) is 0 Å². The third kappa shape index (κ3) is 1.13. The highest BCUT2D eigenvalue weighted by atomic mass is 16.6. The van der Waals surface area contributed by atoms with Crippen molar-refractivity contribution in [1.29, 1.82) is 0 Å². The quantitative estimate of drug-likeness (QED) is 0.388. The number of amides is 2. The number of phenols is 1. The van der Waals surface area contributed by atoms with Crippen LogP contribution < -0.4 is 5.32 Å². The highest BCUT2D eigenvalue weighted by Crippen LogP contribution is 2.34. The van der Waals surface area contributed by atoms with Gasteiger partial charge in [-0.15, -0.1) is 0 Å². The van der Waals surface area contributed by atoms with Crippen LogP contribution in [0.1, 0.15) is 20.7 Å². The lowest BCUT2D eigenvalue weighted by molar-refractivity contribution is -0.386. The molecule has 0 atom stereocenters. The first kappa shape index (κ1) is 9.13. The number of benzene rings is 1. The van der Waals surface area contributed by atoms with Crippen LogP contribution in [-0.4, -0.2) is 21.8 Å². The summed E-state index contributed by atoms with van der Waals surface area (Å²) in [5.74, 6) is -2.20. The van der Waals surface area contributed by atoms with Gasteiger partial charge in [0.05, 0.1) is 10.5 Å². The van der Waals surface area contributed by atoms with Crippen LogP contribution in [0.3, 0.4) is 0 Å². The van der Waals surface area contributed by atoms with E-state index in [1.54, 1.807) is 0 Å². The largest absolute Gasteiger partial charge is 0.502 e. The Hall–Kier alpha value is -2.44. The van der Waals surface area contributed by atoms with Crippen LogP contribution in [-0.2, 0) is 0 Å². The maximum absolute atomic E-state index is 11.2. The molecule has 0 aliphatic carbocycles. The van der Waals surface area contributed by atoms with E-state index >= 15 is 0 Å². The standard InChI is InChI=1S/C8H4N2O5/c11-4-2-1-3-5(6(4)10(14)15)8(13)9-7(3)12/h1-2,11H,(H,9,12,13). The van der Waals surface area contributed by atoms with Crippen LogP contribution >= 0.6 is 0 Å². The second-order valence-corrected chi connectivity index (χ2v) is 2.90. The summed E-state index contributed by atoms with van der Waals surface area (Å²) >= 11 is 0. The minimum Gasteiger partial charge on any atom is -0.502 e. The fraction of sp³-hybridized carbons (Fsp3) is 0. The van der Waals surface area contributed by atoms with Gasteiger partial charge in [-0.3, -0.25) is 25.0 Å². The molecule has 0 saturated heterocycles. The van der Waals surface area contributed by atoms with Gasteiger partial charge in [0.25, 0.3) is 11.8 Å². The average molecular weight is 208 g/mol. The van der Waals surface area contributed by atoms with Crippen molar-refractivity contribution in [3.8, 4) is 5.75 Å². The molecule has 0 bridgehead atoms. The number of hydrogen-bond acceptors (Lipinski definition) is 5. The number of aromatic hydroxyl groups is 1. The molecule has 76 valence electrons. The normalized spacial score (nSPS) is 13.6. The van der Waals surface area contributed by atoms with Crippen molar-refractivity contribution in [2.45, 2.75) is 0 Å². The fourth-order valence-electron chi connectivity index (χ4n) is 1.42. The van der Waals surface area contributed by atoms with Gasteiger partial charge in [0.15, 0.2) is 5.75 Å². The summed E-state index contributed by atoms with van der Waals surface area (Å²) in [5.41, 5.74) is -1.22. The number of rotatable bonds is 1. The predicted molar refractivity (Wildman–Crippen MR) is 46.6 cm³/mol. The number of fused-ring (bicyclic) bond motifs is 1. The van der Waals surface area contributed by atoms with Crippen molar-refractivity contribution < 1.29 is 19.6 Å². The van der Waals surface area contributed by atoms with Crippen LogP contribution in [0.5, 0.6) is 5.75 Å². The summed E-state index contributed by atoms with van der Waals surface area (Å²) in [6.45, 7) is 0. The fourth-order valence-corrected chi connectivity index (χ4v) is 1.42. The second kappa shape index (κ2) is 2.77. The Morgan fingerprint density at radius 1 is 1.27 bits per heavy atom. The predicted octanol–water partition coefficient (Wildman–Crippen LogP) is 0.184. The van der Waals surface area contributed by atoms with Gasteiger partial charge in [0, 0.05) is 0 Å². The topological polar surface area (TPSA) is 110 Å². The Bertz CT molecular complexity index is 508. The maximum Gasteiger partial charge on any atom is 0.324 e. The number of imide groups is 1. The first-order valence-corrected chi connectivity index (χ1v) is 3.88. The Morgan fingerprint density at radius 3 is 2.53 bits per heavy atom. The highest BCUT2D eigenvalue weighted by molar-refractivity contribution is 6.23. The number of carbonyl (C=O) groups excluding carboxylic acids is 2. The molecule has 2 N–H and O–H groups in total. The van der Waals surface area contributed by atoms with E-state index in [0.29, 0.717) is 0 Å². The molecule has 0 unspecified atom stereocenters. The molecule has 1 heterocycles. The van der Waals surface area contributed by atoms with Gasteiger partial charge in [-0.05, 0) is 12.1 Å². The molecule has 7 nitrogen and oxygen atoms in total. The third-order valence-corrected chi connectivity index (χ3v) is 2.04. The highest BCUT2D eigenvalue weighted by Gasteiger charge is 2.36. The van der Waals surface area contributed by atoms with E-state index in [9.17, 15) is 24.8 Å². The van der Waals surface area contributed by atoms with Crippen LogP contribution in [0, 0.1) is 10.1 Å². The number of nitro groups is 1. The SMILES string of the molecule is O=C1NC(=O)c2c1ccc(O)c2[N+](=O)[O-]. The van der Waals surface area contributed by atoms with Gasteiger partial charge >= 0.3 is 5.69 Å². The van der Waals surface area contributed by atoms with E-state index < -0.39 is 28.2 Å². The zero-order valence-corrected chi connectivity index (χ0v) is 7.18. The molecule has 1 aliphatic heterocycles. The van der Waals surface area contributed by atoms with E-state index in [-0.39, 0.29) is 11.1 Å². The van der Waals surface area contributed by atoms with Gasteiger partial charge in [-0.2, -0.15) is 0 Å². The minimum atomic E-state index is -0.896. The Morgan fingerprint density at radius 2 is 1.93 bits per heavy atom. The zero-order valence-electron chi connectivity index (χ0n) is 7.18. The summed E-state index contributed by atoms with van der Waals surface area (Å²) in [6, 6.07) is 2.17. The number of nitrogens with one attached hydrogen (secondary N) is 1. The van der Waals surface area contributed by atoms with Crippen LogP contribution in [0.15, 0.2) is 12.1 Å². The van der Waals surface area contributed by atoms with E-state index in [1.165, 1.54) is 0 Å². The van der Waals surface area contributed by atoms with Crippen molar-refractivity contribution in [2.24, 2.45) is 0 Å². The number of nitrogens with zero attached hydrogens (tertiary/aromatic N) is 1. The van der Waals surface area contributed by atoms with Crippen molar-refractivity contribution in [3.63, 3.8) is 0 Å². The molecule has 0 fully saturated rings. The molecule has 1 aromatic carbocycles. The van der Waals surface area contributed by atoms with Gasteiger partial charge in [-0.1, -0.05) is 0 Å². The molecule has 1 aliphatic rings. The molecule has 0 spiro atoms. The molecule has 0 saturated carbocycles. The van der Waals surface area contributed by atoms with E-state index in [4.69, 9.17) is 0 Å². The summed E-state index contributed by atoms with van der Waals surface area (Å²) in [4.78, 5) is 32.0. The monoisotopic (exact) mass is 208 g/mol. The molecule has 0 aromatic heterocycles. The van der Waals surface area contributed by atoms with E-state index in [1.807, 2.05) is 5.32 Å². The van der Waals surface area contributed by atoms with E-state index in [0.717, 1.165) is 12.1 Å². The summed E-state index contributed by atoms with van der Waals surface area (Å²) in [5, 5.41) is 21.7. The Labute approximate surface area is 82.5 Å². The average Bonchev–Trinajstić information content (AvgIpc) is 2.41. The summed E-state index contributed by atoms with van der Waals surface area (Å²) < 4.78 is 0. The number of hydrogen-bond donors (Lipinski definition) is 2. The van der Waals surface area contributed by atoms with Crippen molar-refractivity contribution in [1.82, 2.24) is 5.32 Å². The Balaban J connectivity index is 2.81. The summed E-state index contributed by atoms with van der Waals surface area (Å²) in [6.07, 6.45) is 0. The maximum atomic E-state index is 11.2. The molecular weight excluding hydrogens is 204 g/mol. The van der Waals surface area contributed by atoms with Crippen molar-refractivity contribution in [3.05, 3.63) is 33.4 Å². The van der Waals surface area contributed by atoms with Crippen molar-refractivity contribution >= 4 is 17.5 Å². The number of carbonyl (C=O) groups is 2. The molecule has 1 aromatic rings. The molecule has 15 heavy (non-hydrogen) atoms.